The molecule has 0 amide bonds. The molecule has 0 heterocycles. The summed E-state index contributed by atoms with van der Waals surface area (Å²) in [5.74, 6) is 0.662. The van der Waals surface area contributed by atoms with E-state index in [1.807, 2.05) is 24.3 Å². The summed E-state index contributed by atoms with van der Waals surface area (Å²) in [7, 11) is 0. The zero-order chi connectivity index (χ0) is 9.26. The summed E-state index contributed by atoms with van der Waals surface area (Å²) in [6, 6.07) is 8.40. The maximum absolute atomic E-state index is 5.82. The molecule has 2 nitrogen and oxygen atoms in total. The fourth-order valence-electron chi connectivity index (χ4n) is 1.10. The first kappa shape index (κ1) is 8.75. The van der Waals surface area contributed by atoms with Crippen LogP contribution in [0.25, 0.3) is 0 Å². The van der Waals surface area contributed by atoms with E-state index in [0.717, 1.165) is 10.0 Å². The summed E-state index contributed by atoms with van der Waals surface area (Å²) >= 11 is 3.38. The lowest BCUT2D eigenvalue weighted by molar-refractivity contribution is 1.06. The molecule has 0 spiro atoms. The highest BCUT2D eigenvalue weighted by Crippen LogP contribution is 2.24. The van der Waals surface area contributed by atoms with Crippen molar-refractivity contribution in [1.82, 2.24) is 0 Å². The Morgan fingerprint density at radius 1 is 1.31 bits per heavy atom. The maximum Gasteiger partial charge on any atom is 0.125 e. The Labute approximate surface area is 86.0 Å². The molecule has 1 aromatic rings. The average Bonchev–Trinajstić information content (AvgIpc) is 2.89. The van der Waals surface area contributed by atoms with Crippen LogP contribution in [-0.2, 0) is 0 Å². The number of hydrogen-bond donors (Lipinski definition) is 1. The maximum atomic E-state index is 5.82. The smallest absolute Gasteiger partial charge is 0.125 e. The molecule has 68 valence electrons. The van der Waals surface area contributed by atoms with Crippen LogP contribution in [-0.4, -0.2) is 11.9 Å². The average molecular weight is 239 g/mol. The molecule has 2 rings (SSSR count). The van der Waals surface area contributed by atoms with Crippen LogP contribution in [0.1, 0.15) is 18.4 Å². The van der Waals surface area contributed by atoms with Crippen molar-refractivity contribution in [2.24, 2.45) is 10.7 Å². The van der Waals surface area contributed by atoms with Crippen LogP contribution in [0.2, 0.25) is 0 Å². The molecule has 1 aromatic carbocycles. The minimum atomic E-state index is 0.489. The first-order chi connectivity index (χ1) is 6.25. The van der Waals surface area contributed by atoms with E-state index in [0.29, 0.717) is 11.9 Å². The number of amidine groups is 1. The number of aliphatic imine (C=N–C) groups is 1. The van der Waals surface area contributed by atoms with Gasteiger partial charge in [0.05, 0.1) is 6.04 Å². The van der Waals surface area contributed by atoms with Gasteiger partial charge >= 0.3 is 0 Å². The lowest BCUT2D eigenvalue weighted by atomic mass is 10.2. The van der Waals surface area contributed by atoms with E-state index in [4.69, 9.17) is 5.73 Å². The highest BCUT2D eigenvalue weighted by molar-refractivity contribution is 9.10. The van der Waals surface area contributed by atoms with E-state index in [-0.39, 0.29) is 0 Å². The van der Waals surface area contributed by atoms with Crippen molar-refractivity contribution < 1.29 is 0 Å². The first-order valence-electron chi connectivity index (χ1n) is 4.35. The molecule has 2 N–H and O–H groups in total. The number of halogens is 1. The van der Waals surface area contributed by atoms with E-state index >= 15 is 0 Å². The van der Waals surface area contributed by atoms with Crippen LogP contribution in [0.5, 0.6) is 0 Å². The number of rotatable bonds is 2. The Bertz CT molecular complexity index is 325. The van der Waals surface area contributed by atoms with Gasteiger partial charge in [0.25, 0.3) is 0 Å². The zero-order valence-corrected chi connectivity index (χ0v) is 8.79. The van der Waals surface area contributed by atoms with E-state index in [1.165, 1.54) is 12.8 Å². The van der Waals surface area contributed by atoms with Crippen LogP contribution in [0.4, 0.5) is 0 Å². The second-order valence-electron chi connectivity index (χ2n) is 3.25. The molecule has 1 saturated carbocycles. The molecule has 1 aliphatic carbocycles. The fraction of sp³-hybridized carbons (Fsp3) is 0.300. The molecule has 1 fully saturated rings. The van der Waals surface area contributed by atoms with E-state index in [9.17, 15) is 0 Å². The zero-order valence-electron chi connectivity index (χ0n) is 7.20. The van der Waals surface area contributed by atoms with Crippen molar-refractivity contribution in [2.75, 3.05) is 0 Å². The lowest BCUT2D eigenvalue weighted by Crippen LogP contribution is -2.13. The van der Waals surface area contributed by atoms with Crippen LogP contribution in [0.15, 0.2) is 33.7 Å². The van der Waals surface area contributed by atoms with Gasteiger partial charge in [0.15, 0.2) is 0 Å². The molecule has 0 bridgehead atoms. The summed E-state index contributed by atoms with van der Waals surface area (Å²) in [6.45, 7) is 0. The predicted octanol–water partition coefficient (Wildman–Crippen LogP) is 2.32. The minimum absolute atomic E-state index is 0.489. The summed E-state index contributed by atoms with van der Waals surface area (Å²) in [5.41, 5.74) is 6.83. The largest absolute Gasteiger partial charge is 0.383 e. The Morgan fingerprint density at radius 2 is 1.92 bits per heavy atom. The molecular weight excluding hydrogens is 228 g/mol. The van der Waals surface area contributed by atoms with E-state index in [2.05, 4.69) is 20.9 Å². The molecule has 0 unspecified atom stereocenters. The van der Waals surface area contributed by atoms with Crippen molar-refractivity contribution in [3.63, 3.8) is 0 Å². The van der Waals surface area contributed by atoms with Crippen LogP contribution in [0, 0.1) is 0 Å². The van der Waals surface area contributed by atoms with E-state index < -0.39 is 0 Å². The van der Waals surface area contributed by atoms with Gasteiger partial charge < -0.3 is 5.73 Å². The molecule has 0 aliphatic heterocycles. The SMILES string of the molecule is NC(=NC1CC1)c1ccc(Br)cc1. The number of nitrogens with two attached hydrogens (primary N) is 1. The molecule has 13 heavy (non-hydrogen) atoms. The predicted molar refractivity (Wildman–Crippen MR) is 57.9 cm³/mol. The molecule has 0 saturated heterocycles. The highest BCUT2D eigenvalue weighted by Gasteiger charge is 2.20. The molecule has 0 radical (unpaired) electrons. The third kappa shape index (κ3) is 2.31. The molecular formula is C10H11BrN2. The summed E-state index contributed by atoms with van der Waals surface area (Å²) in [6.07, 6.45) is 2.38. The normalized spacial score (nSPS) is 17.5. The van der Waals surface area contributed by atoms with Crippen LogP contribution >= 0.6 is 15.9 Å². The quantitative estimate of drug-likeness (QED) is 0.624. The number of nitrogens with zero attached hydrogens (tertiary/aromatic N) is 1. The number of benzene rings is 1. The topological polar surface area (TPSA) is 38.4 Å². The monoisotopic (exact) mass is 238 g/mol. The van der Waals surface area contributed by atoms with Gasteiger partial charge in [-0.3, -0.25) is 4.99 Å². The summed E-state index contributed by atoms with van der Waals surface area (Å²) in [4.78, 5) is 4.37. The molecule has 1 aliphatic rings. The van der Waals surface area contributed by atoms with Crippen LogP contribution in [0.3, 0.4) is 0 Å². The van der Waals surface area contributed by atoms with Crippen molar-refractivity contribution in [2.45, 2.75) is 18.9 Å². The van der Waals surface area contributed by atoms with Gasteiger partial charge in [0.2, 0.25) is 0 Å². The van der Waals surface area contributed by atoms with Crippen molar-refractivity contribution in [1.29, 1.82) is 0 Å². The number of hydrogen-bond acceptors (Lipinski definition) is 1. The second-order valence-corrected chi connectivity index (χ2v) is 4.17. The van der Waals surface area contributed by atoms with Gasteiger partial charge in [-0.15, -0.1) is 0 Å². The van der Waals surface area contributed by atoms with Crippen molar-refractivity contribution in [3.05, 3.63) is 34.3 Å². The standard InChI is InChI=1S/C10H11BrN2/c11-8-3-1-7(2-4-8)10(12)13-9-5-6-9/h1-4,9H,5-6H2,(H2,12,13). The third-order valence-electron chi connectivity index (χ3n) is 2.01. The van der Waals surface area contributed by atoms with Crippen LogP contribution < -0.4 is 5.73 Å². The summed E-state index contributed by atoms with van der Waals surface area (Å²) < 4.78 is 1.07. The second kappa shape index (κ2) is 3.50. The molecule has 3 heteroatoms. The van der Waals surface area contributed by atoms with Gasteiger partial charge in [-0.2, -0.15) is 0 Å². The van der Waals surface area contributed by atoms with Crippen molar-refractivity contribution in [3.8, 4) is 0 Å². The molecule has 0 aromatic heterocycles. The Kier molecular flexibility index (Phi) is 2.36. The van der Waals surface area contributed by atoms with Gasteiger partial charge in [-0.25, -0.2) is 0 Å². The third-order valence-corrected chi connectivity index (χ3v) is 2.54. The van der Waals surface area contributed by atoms with E-state index in [1.54, 1.807) is 0 Å². The molecule has 0 atom stereocenters. The lowest BCUT2D eigenvalue weighted by Gasteiger charge is -1.99. The van der Waals surface area contributed by atoms with Gasteiger partial charge in [-0.05, 0) is 25.0 Å². The first-order valence-corrected chi connectivity index (χ1v) is 5.14. The van der Waals surface area contributed by atoms with Gasteiger partial charge in [-0.1, -0.05) is 28.1 Å². The Hall–Kier alpha value is -0.830. The Balaban J connectivity index is 2.19. The Morgan fingerprint density at radius 3 is 2.46 bits per heavy atom. The minimum Gasteiger partial charge on any atom is -0.383 e. The van der Waals surface area contributed by atoms with Gasteiger partial charge in [0, 0.05) is 10.0 Å². The van der Waals surface area contributed by atoms with Crippen molar-refractivity contribution >= 4 is 21.8 Å². The van der Waals surface area contributed by atoms with Gasteiger partial charge in [0.1, 0.15) is 5.84 Å². The highest BCUT2D eigenvalue weighted by atomic mass is 79.9. The summed E-state index contributed by atoms with van der Waals surface area (Å²) in [5, 5.41) is 0. The fourth-order valence-corrected chi connectivity index (χ4v) is 1.36.